The van der Waals surface area contributed by atoms with Crippen LogP contribution in [0.5, 0.6) is 0 Å². The molecule has 2 nitrogen and oxygen atoms in total. The predicted molar refractivity (Wildman–Crippen MR) is 80.3 cm³/mol. The molecule has 3 aromatic rings. The second-order valence-corrected chi connectivity index (χ2v) is 4.87. The molecule has 20 heavy (non-hydrogen) atoms. The van der Waals surface area contributed by atoms with Gasteiger partial charge in [-0.2, -0.15) is 0 Å². The molecule has 0 saturated carbocycles. The van der Waals surface area contributed by atoms with E-state index in [1.807, 2.05) is 72.8 Å². The first-order valence-electron chi connectivity index (χ1n) is 6.66. The standard InChI is InChI=1S/C18H16O2/c19-17(14-8-2-1-3-9-14)18(20)16-12-6-10-13-7-4-5-11-15(13)16/h1-12,17-20H/t17-,18+/m1/s1. The molecule has 0 fully saturated rings. The summed E-state index contributed by atoms with van der Waals surface area (Å²) < 4.78 is 0. The first kappa shape index (κ1) is 12.9. The van der Waals surface area contributed by atoms with Gasteiger partial charge in [0, 0.05) is 0 Å². The molecule has 0 aliphatic carbocycles. The van der Waals surface area contributed by atoms with Gasteiger partial charge in [-0.1, -0.05) is 72.8 Å². The SMILES string of the molecule is O[C@H](c1ccccc1)[C@@H](O)c1cccc2ccccc12. The molecule has 0 aliphatic heterocycles. The zero-order chi connectivity index (χ0) is 13.9. The van der Waals surface area contributed by atoms with Crippen molar-refractivity contribution >= 4 is 10.8 Å². The molecule has 0 radical (unpaired) electrons. The van der Waals surface area contributed by atoms with Crippen LogP contribution in [-0.2, 0) is 0 Å². The van der Waals surface area contributed by atoms with Gasteiger partial charge in [0.15, 0.2) is 0 Å². The molecular formula is C18H16O2. The van der Waals surface area contributed by atoms with Gasteiger partial charge in [-0.15, -0.1) is 0 Å². The van der Waals surface area contributed by atoms with Crippen molar-refractivity contribution in [3.05, 3.63) is 83.9 Å². The molecule has 2 N–H and O–H groups in total. The topological polar surface area (TPSA) is 40.5 Å². The zero-order valence-corrected chi connectivity index (χ0v) is 11.0. The molecule has 100 valence electrons. The van der Waals surface area contributed by atoms with Crippen molar-refractivity contribution in [3.8, 4) is 0 Å². The van der Waals surface area contributed by atoms with Gasteiger partial charge < -0.3 is 10.2 Å². The molecule has 2 heteroatoms. The van der Waals surface area contributed by atoms with E-state index in [1.54, 1.807) is 0 Å². The van der Waals surface area contributed by atoms with Gasteiger partial charge in [-0.25, -0.2) is 0 Å². The minimum absolute atomic E-state index is 0.716. The fraction of sp³-hybridized carbons (Fsp3) is 0.111. The lowest BCUT2D eigenvalue weighted by Crippen LogP contribution is -2.10. The molecule has 3 rings (SSSR count). The quantitative estimate of drug-likeness (QED) is 0.758. The lowest BCUT2D eigenvalue weighted by molar-refractivity contribution is 0.0181. The van der Waals surface area contributed by atoms with E-state index in [4.69, 9.17) is 0 Å². The number of aliphatic hydroxyl groups excluding tert-OH is 2. The average Bonchev–Trinajstić information content (AvgIpc) is 2.54. The Labute approximate surface area is 117 Å². The summed E-state index contributed by atoms with van der Waals surface area (Å²) in [6, 6.07) is 22.9. The van der Waals surface area contributed by atoms with Crippen LogP contribution in [0.15, 0.2) is 72.8 Å². The van der Waals surface area contributed by atoms with Crippen molar-refractivity contribution in [3.63, 3.8) is 0 Å². The summed E-state index contributed by atoms with van der Waals surface area (Å²) >= 11 is 0. The first-order valence-corrected chi connectivity index (χ1v) is 6.66. The molecule has 0 amide bonds. The molecule has 2 atom stereocenters. The number of hydrogen-bond donors (Lipinski definition) is 2. The van der Waals surface area contributed by atoms with Crippen LogP contribution in [-0.4, -0.2) is 10.2 Å². The summed E-state index contributed by atoms with van der Waals surface area (Å²) in [4.78, 5) is 0. The average molecular weight is 264 g/mol. The van der Waals surface area contributed by atoms with E-state index in [0.29, 0.717) is 5.56 Å². The lowest BCUT2D eigenvalue weighted by atomic mass is 9.94. The first-order chi connectivity index (χ1) is 9.77. The van der Waals surface area contributed by atoms with Crippen molar-refractivity contribution in [1.29, 1.82) is 0 Å². The number of hydrogen-bond acceptors (Lipinski definition) is 2. The zero-order valence-electron chi connectivity index (χ0n) is 11.0. The van der Waals surface area contributed by atoms with Crippen LogP contribution in [0.3, 0.4) is 0 Å². The summed E-state index contributed by atoms with van der Waals surface area (Å²) in [5.41, 5.74) is 1.47. The van der Waals surface area contributed by atoms with Crippen molar-refractivity contribution < 1.29 is 10.2 Å². The summed E-state index contributed by atoms with van der Waals surface area (Å²) in [6.45, 7) is 0. The van der Waals surface area contributed by atoms with Crippen molar-refractivity contribution in [1.82, 2.24) is 0 Å². The smallest absolute Gasteiger partial charge is 0.110 e. The second kappa shape index (κ2) is 5.45. The van der Waals surface area contributed by atoms with Crippen LogP contribution in [0.4, 0.5) is 0 Å². The van der Waals surface area contributed by atoms with Gasteiger partial charge >= 0.3 is 0 Å². The monoisotopic (exact) mass is 264 g/mol. The van der Waals surface area contributed by atoms with E-state index in [-0.39, 0.29) is 0 Å². The van der Waals surface area contributed by atoms with Crippen LogP contribution in [0.1, 0.15) is 23.3 Å². The fourth-order valence-corrected chi connectivity index (χ4v) is 2.51. The minimum Gasteiger partial charge on any atom is -0.385 e. The summed E-state index contributed by atoms with van der Waals surface area (Å²) in [7, 11) is 0. The highest BCUT2D eigenvalue weighted by atomic mass is 16.3. The van der Waals surface area contributed by atoms with Crippen LogP contribution in [0, 0.1) is 0 Å². The predicted octanol–water partition coefficient (Wildman–Crippen LogP) is 3.61. The lowest BCUT2D eigenvalue weighted by Gasteiger charge is -2.20. The van der Waals surface area contributed by atoms with Gasteiger partial charge in [-0.05, 0) is 21.9 Å². The number of fused-ring (bicyclic) bond motifs is 1. The Morgan fingerprint density at radius 3 is 2.05 bits per heavy atom. The number of aliphatic hydroxyl groups is 2. The number of rotatable bonds is 3. The molecule has 0 saturated heterocycles. The van der Waals surface area contributed by atoms with Crippen LogP contribution in [0.2, 0.25) is 0 Å². The maximum atomic E-state index is 10.5. The largest absolute Gasteiger partial charge is 0.385 e. The molecular weight excluding hydrogens is 248 g/mol. The molecule has 0 aliphatic rings. The Hall–Kier alpha value is -2.16. The summed E-state index contributed by atoms with van der Waals surface area (Å²) in [6.07, 6.45) is -1.87. The maximum absolute atomic E-state index is 10.5. The van der Waals surface area contributed by atoms with Gasteiger partial charge in [0.05, 0.1) is 0 Å². The van der Waals surface area contributed by atoms with Crippen molar-refractivity contribution in [2.24, 2.45) is 0 Å². The second-order valence-electron chi connectivity index (χ2n) is 4.87. The van der Waals surface area contributed by atoms with Gasteiger partial charge in [0.25, 0.3) is 0 Å². The third-order valence-corrected chi connectivity index (χ3v) is 3.58. The van der Waals surface area contributed by atoms with Crippen LogP contribution >= 0.6 is 0 Å². The van der Waals surface area contributed by atoms with E-state index < -0.39 is 12.2 Å². The van der Waals surface area contributed by atoms with E-state index in [9.17, 15) is 10.2 Å². The molecule has 3 aromatic carbocycles. The Bertz CT molecular complexity index is 701. The minimum atomic E-state index is -0.941. The maximum Gasteiger partial charge on any atom is 0.110 e. The molecule has 0 spiro atoms. The Balaban J connectivity index is 2.03. The highest BCUT2D eigenvalue weighted by Gasteiger charge is 2.21. The summed E-state index contributed by atoms with van der Waals surface area (Å²) in [5, 5.41) is 22.9. The van der Waals surface area contributed by atoms with Gasteiger partial charge in [0.1, 0.15) is 12.2 Å². The van der Waals surface area contributed by atoms with Crippen molar-refractivity contribution in [2.45, 2.75) is 12.2 Å². The third kappa shape index (κ3) is 2.31. The number of benzene rings is 3. The van der Waals surface area contributed by atoms with Crippen LogP contribution in [0.25, 0.3) is 10.8 Å². The van der Waals surface area contributed by atoms with E-state index in [0.717, 1.165) is 16.3 Å². The highest BCUT2D eigenvalue weighted by molar-refractivity contribution is 5.86. The summed E-state index contributed by atoms with van der Waals surface area (Å²) in [5.74, 6) is 0. The van der Waals surface area contributed by atoms with E-state index in [1.165, 1.54) is 0 Å². The Kier molecular flexibility index (Phi) is 3.50. The Morgan fingerprint density at radius 2 is 1.25 bits per heavy atom. The highest BCUT2D eigenvalue weighted by Crippen LogP contribution is 2.32. The third-order valence-electron chi connectivity index (χ3n) is 3.58. The molecule has 0 heterocycles. The van der Waals surface area contributed by atoms with E-state index in [2.05, 4.69) is 0 Å². The van der Waals surface area contributed by atoms with Gasteiger partial charge in [0.2, 0.25) is 0 Å². The van der Waals surface area contributed by atoms with Crippen molar-refractivity contribution in [2.75, 3.05) is 0 Å². The Morgan fingerprint density at radius 1 is 0.600 bits per heavy atom. The fourth-order valence-electron chi connectivity index (χ4n) is 2.51. The van der Waals surface area contributed by atoms with Crippen LogP contribution < -0.4 is 0 Å². The molecule has 0 aromatic heterocycles. The molecule has 0 unspecified atom stereocenters. The normalized spacial score (nSPS) is 14.1. The van der Waals surface area contributed by atoms with Gasteiger partial charge in [-0.3, -0.25) is 0 Å². The molecule has 0 bridgehead atoms. The van der Waals surface area contributed by atoms with E-state index >= 15 is 0 Å².